The Balaban J connectivity index is 2.20. The van der Waals surface area contributed by atoms with Crippen LogP contribution in [-0.4, -0.2) is 35.8 Å². The van der Waals surface area contributed by atoms with Crippen molar-refractivity contribution in [3.63, 3.8) is 0 Å². The molecule has 2 aliphatic heterocycles. The van der Waals surface area contributed by atoms with E-state index in [-0.39, 0.29) is 24.4 Å². The van der Waals surface area contributed by atoms with E-state index in [1.54, 1.807) is 4.90 Å². The normalized spacial score (nSPS) is 30.2. The van der Waals surface area contributed by atoms with E-state index in [9.17, 15) is 9.59 Å². The van der Waals surface area contributed by atoms with Gasteiger partial charge in [0.1, 0.15) is 6.04 Å². The molecule has 4 nitrogen and oxygen atoms in total. The second kappa shape index (κ2) is 2.22. The molecule has 2 rings (SSSR count). The van der Waals surface area contributed by atoms with Crippen LogP contribution in [0, 0.1) is 0 Å². The first-order valence-corrected chi connectivity index (χ1v) is 3.86. The van der Waals surface area contributed by atoms with E-state index in [1.807, 2.05) is 0 Å². The molecular weight excluding hydrogens is 145 g/mol. The molecule has 0 saturated carbocycles. The zero-order valence-corrected chi connectivity index (χ0v) is 6.17. The minimum Gasteiger partial charge on any atom is -0.345 e. The SMILES string of the molecule is O=C1NCC(=[17O])N2CCC[C@@H]12. The van der Waals surface area contributed by atoms with Crippen LogP contribution in [0.3, 0.4) is 0 Å². The molecule has 2 fully saturated rings. The van der Waals surface area contributed by atoms with Crippen LogP contribution in [-0.2, 0) is 9.59 Å². The Morgan fingerprint density at radius 2 is 2.45 bits per heavy atom. The van der Waals surface area contributed by atoms with Crippen molar-refractivity contribution in [2.75, 3.05) is 13.1 Å². The van der Waals surface area contributed by atoms with Crippen LogP contribution >= 0.6 is 0 Å². The van der Waals surface area contributed by atoms with Gasteiger partial charge in [-0.15, -0.1) is 0 Å². The molecule has 0 aromatic carbocycles. The average Bonchev–Trinajstić information content (AvgIpc) is 2.45. The molecule has 0 aliphatic carbocycles. The molecule has 0 unspecified atom stereocenters. The summed E-state index contributed by atoms with van der Waals surface area (Å²) in [5, 5.41) is 2.57. The Hall–Kier alpha value is -1.06. The number of rotatable bonds is 0. The van der Waals surface area contributed by atoms with Gasteiger partial charge in [-0.05, 0) is 12.8 Å². The largest absolute Gasteiger partial charge is 0.345 e. The van der Waals surface area contributed by atoms with Crippen LogP contribution in [0.1, 0.15) is 12.8 Å². The zero-order valence-electron chi connectivity index (χ0n) is 6.17. The topological polar surface area (TPSA) is 49.4 Å². The van der Waals surface area contributed by atoms with E-state index in [1.165, 1.54) is 0 Å². The Bertz CT molecular complexity index is 192. The van der Waals surface area contributed by atoms with Crippen molar-refractivity contribution < 1.29 is 9.59 Å². The molecule has 60 valence electrons. The van der Waals surface area contributed by atoms with Crippen molar-refractivity contribution >= 4 is 11.8 Å². The fourth-order valence-electron chi connectivity index (χ4n) is 1.72. The fourth-order valence-corrected chi connectivity index (χ4v) is 1.72. The van der Waals surface area contributed by atoms with E-state index >= 15 is 0 Å². The standard InChI is InChI=1S/C7H10N2O2/c10-6-4-8-7(11)5-2-1-3-9(5)6/h5H,1-4H2,(H,8,11)/t5-/m0/s1/i10+1. The first kappa shape index (κ1) is 6.64. The second-order valence-electron chi connectivity index (χ2n) is 2.96. The predicted octanol–water partition coefficient (Wildman–Crippen LogP) is -0.893. The molecule has 2 saturated heterocycles. The van der Waals surface area contributed by atoms with Gasteiger partial charge in [0.2, 0.25) is 11.8 Å². The summed E-state index contributed by atoms with van der Waals surface area (Å²) in [6.45, 7) is 0.951. The highest BCUT2D eigenvalue weighted by Gasteiger charge is 2.37. The summed E-state index contributed by atoms with van der Waals surface area (Å²) in [4.78, 5) is 23.9. The lowest BCUT2D eigenvalue weighted by Gasteiger charge is -2.28. The van der Waals surface area contributed by atoms with Crippen LogP contribution in [0.4, 0.5) is 0 Å². The number of amides is 2. The van der Waals surface area contributed by atoms with Crippen LogP contribution in [0.2, 0.25) is 0 Å². The maximum Gasteiger partial charge on any atom is 0.243 e. The Kier molecular flexibility index (Phi) is 1.34. The number of nitrogens with one attached hydrogen (secondary N) is 1. The third-order valence-corrected chi connectivity index (χ3v) is 2.29. The van der Waals surface area contributed by atoms with Gasteiger partial charge in [0, 0.05) is 6.54 Å². The number of carbonyl (C=O) groups is 2. The molecule has 11 heavy (non-hydrogen) atoms. The molecule has 1 N–H and O–H groups in total. The van der Waals surface area contributed by atoms with Crippen LogP contribution in [0.15, 0.2) is 0 Å². The number of nitrogens with zero attached hydrogens (tertiary/aromatic N) is 1. The minimum atomic E-state index is -0.156. The van der Waals surface area contributed by atoms with E-state index in [0.29, 0.717) is 0 Å². The van der Waals surface area contributed by atoms with Crippen molar-refractivity contribution in [2.45, 2.75) is 18.9 Å². The lowest BCUT2D eigenvalue weighted by atomic mass is 10.2. The smallest absolute Gasteiger partial charge is 0.243 e. The highest BCUT2D eigenvalue weighted by molar-refractivity contribution is 5.95. The van der Waals surface area contributed by atoms with Gasteiger partial charge < -0.3 is 10.2 Å². The highest BCUT2D eigenvalue weighted by atomic mass is 17.1. The van der Waals surface area contributed by atoms with E-state index in [0.717, 1.165) is 19.4 Å². The quantitative estimate of drug-likeness (QED) is 0.493. The van der Waals surface area contributed by atoms with Crippen LogP contribution in [0.5, 0.6) is 0 Å². The zero-order chi connectivity index (χ0) is 7.84. The Labute approximate surface area is 64.5 Å². The van der Waals surface area contributed by atoms with Gasteiger partial charge in [0.25, 0.3) is 0 Å². The second-order valence-corrected chi connectivity index (χ2v) is 2.96. The molecule has 2 aliphatic rings. The maximum atomic E-state index is 11.1. The highest BCUT2D eigenvalue weighted by Crippen LogP contribution is 2.19. The van der Waals surface area contributed by atoms with Crippen molar-refractivity contribution in [2.24, 2.45) is 0 Å². The molecule has 0 bridgehead atoms. The summed E-state index contributed by atoms with van der Waals surface area (Å²) in [6.07, 6.45) is 1.79. The van der Waals surface area contributed by atoms with E-state index < -0.39 is 0 Å². The molecule has 0 radical (unpaired) electrons. The summed E-state index contributed by atoms with van der Waals surface area (Å²) in [6, 6.07) is -0.156. The monoisotopic (exact) mass is 155 g/mol. The van der Waals surface area contributed by atoms with Crippen molar-refractivity contribution in [1.29, 1.82) is 0 Å². The number of fused-ring (bicyclic) bond motifs is 1. The molecule has 4 heteroatoms. The van der Waals surface area contributed by atoms with Gasteiger partial charge in [-0.2, -0.15) is 0 Å². The lowest BCUT2D eigenvalue weighted by Crippen LogP contribution is -2.55. The number of hydrogen-bond donors (Lipinski definition) is 1. The number of hydrogen-bond acceptors (Lipinski definition) is 2. The van der Waals surface area contributed by atoms with Crippen molar-refractivity contribution in [3.05, 3.63) is 0 Å². The average molecular weight is 155 g/mol. The molecule has 0 aromatic heterocycles. The predicted molar refractivity (Wildman–Crippen MR) is 37.7 cm³/mol. The van der Waals surface area contributed by atoms with Crippen molar-refractivity contribution in [1.82, 2.24) is 10.2 Å². The van der Waals surface area contributed by atoms with E-state index in [4.69, 9.17) is 0 Å². The lowest BCUT2D eigenvalue weighted by molar-refractivity contribution is -0.143. The van der Waals surface area contributed by atoms with Gasteiger partial charge in [0.05, 0.1) is 6.54 Å². The first-order valence-electron chi connectivity index (χ1n) is 3.86. The summed E-state index contributed by atoms with van der Waals surface area (Å²) in [5.74, 6) is 0.0780. The minimum absolute atomic E-state index is 0.0158. The van der Waals surface area contributed by atoms with E-state index in [2.05, 4.69) is 5.32 Å². The maximum absolute atomic E-state index is 11.1. The molecule has 0 aromatic rings. The molecule has 2 amide bonds. The third kappa shape index (κ3) is 0.895. The Morgan fingerprint density at radius 1 is 1.64 bits per heavy atom. The van der Waals surface area contributed by atoms with Crippen LogP contribution < -0.4 is 5.32 Å². The van der Waals surface area contributed by atoms with Gasteiger partial charge in [0.15, 0.2) is 0 Å². The molecule has 0 spiro atoms. The van der Waals surface area contributed by atoms with Gasteiger partial charge in [-0.1, -0.05) is 0 Å². The van der Waals surface area contributed by atoms with Gasteiger partial charge >= 0.3 is 0 Å². The molecule has 1 atom stereocenters. The number of carbonyl (C=O) groups excluding carboxylic acids is 2. The van der Waals surface area contributed by atoms with Crippen LogP contribution in [0.25, 0.3) is 0 Å². The summed E-state index contributed by atoms with van der Waals surface area (Å²) < 4.78 is 0. The van der Waals surface area contributed by atoms with Gasteiger partial charge in [-0.3, -0.25) is 9.59 Å². The molecule has 2 heterocycles. The van der Waals surface area contributed by atoms with Gasteiger partial charge in [-0.25, -0.2) is 0 Å². The summed E-state index contributed by atoms with van der Waals surface area (Å²) >= 11 is 0. The first-order chi connectivity index (χ1) is 5.29. The fraction of sp³-hybridized carbons (Fsp3) is 0.714. The summed E-state index contributed by atoms with van der Waals surface area (Å²) in [5.41, 5.74) is 0. The molecular formula is C7H10N2O2. The Morgan fingerprint density at radius 3 is 3.18 bits per heavy atom. The third-order valence-electron chi connectivity index (χ3n) is 2.29. The summed E-state index contributed by atoms with van der Waals surface area (Å²) in [7, 11) is 0. The number of piperazine rings is 1. The van der Waals surface area contributed by atoms with Crippen molar-refractivity contribution in [3.8, 4) is 0 Å².